The number of nitrogens with one attached hydrogen (secondary N) is 1. The van der Waals surface area contributed by atoms with Crippen molar-refractivity contribution in [2.75, 3.05) is 0 Å². The average Bonchev–Trinajstić information content (AvgIpc) is 2.84. The fourth-order valence-electron chi connectivity index (χ4n) is 3.76. The molecule has 0 spiro atoms. The van der Waals surface area contributed by atoms with E-state index in [0.717, 1.165) is 23.1 Å². The molecule has 0 aliphatic rings. The molecule has 2 atom stereocenters. The van der Waals surface area contributed by atoms with E-state index in [1.807, 2.05) is 75.4 Å². The van der Waals surface area contributed by atoms with Crippen molar-refractivity contribution in [1.29, 1.82) is 0 Å². The third kappa shape index (κ3) is 7.27. The van der Waals surface area contributed by atoms with E-state index in [1.54, 1.807) is 17.0 Å². The minimum absolute atomic E-state index is 0.000742. The van der Waals surface area contributed by atoms with E-state index in [1.165, 1.54) is 12.1 Å². The highest BCUT2D eigenvalue weighted by molar-refractivity contribution is 5.89. The van der Waals surface area contributed by atoms with E-state index >= 15 is 0 Å². The van der Waals surface area contributed by atoms with Crippen LogP contribution in [0, 0.1) is 12.7 Å². The van der Waals surface area contributed by atoms with E-state index in [4.69, 9.17) is 0 Å². The van der Waals surface area contributed by atoms with Gasteiger partial charge in [-0.15, -0.1) is 0 Å². The molecule has 0 aliphatic carbocycles. The van der Waals surface area contributed by atoms with Gasteiger partial charge in [-0.3, -0.25) is 9.59 Å². The van der Waals surface area contributed by atoms with Gasteiger partial charge < -0.3 is 10.2 Å². The van der Waals surface area contributed by atoms with Crippen molar-refractivity contribution in [2.24, 2.45) is 0 Å². The topological polar surface area (TPSA) is 49.4 Å². The highest BCUT2D eigenvalue weighted by Gasteiger charge is 2.31. The minimum atomic E-state index is -0.675. The SMILES string of the molecule is CCC(C)NC(=O)C(Cc1ccccc1)N(Cc1ccc(C)cc1)C(=O)Cc1ccc(F)cc1. The predicted octanol–water partition coefficient (Wildman–Crippen LogP) is 5.23. The van der Waals surface area contributed by atoms with Gasteiger partial charge in [0.05, 0.1) is 6.42 Å². The van der Waals surface area contributed by atoms with Crippen LogP contribution in [0.2, 0.25) is 0 Å². The van der Waals surface area contributed by atoms with Gasteiger partial charge in [-0.25, -0.2) is 4.39 Å². The molecule has 1 N–H and O–H groups in total. The molecule has 3 rings (SSSR count). The molecule has 0 radical (unpaired) electrons. The molecule has 178 valence electrons. The highest BCUT2D eigenvalue weighted by Crippen LogP contribution is 2.17. The summed E-state index contributed by atoms with van der Waals surface area (Å²) in [6.07, 6.45) is 1.30. The van der Waals surface area contributed by atoms with Crippen molar-refractivity contribution >= 4 is 11.8 Å². The van der Waals surface area contributed by atoms with Gasteiger partial charge in [-0.1, -0.05) is 79.2 Å². The molecule has 0 heterocycles. The second-order valence-corrected chi connectivity index (χ2v) is 8.83. The van der Waals surface area contributed by atoms with Crippen molar-refractivity contribution in [3.8, 4) is 0 Å². The molecule has 0 saturated heterocycles. The molecule has 3 aromatic carbocycles. The van der Waals surface area contributed by atoms with Crippen LogP contribution in [-0.2, 0) is 29.0 Å². The Morgan fingerprint density at radius 1 is 0.882 bits per heavy atom. The van der Waals surface area contributed by atoms with E-state index in [9.17, 15) is 14.0 Å². The number of rotatable bonds is 10. The molecule has 0 bridgehead atoms. The first-order valence-electron chi connectivity index (χ1n) is 11.8. The Labute approximate surface area is 201 Å². The molecule has 34 heavy (non-hydrogen) atoms. The lowest BCUT2D eigenvalue weighted by Gasteiger charge is -2.32. The van der Waals surface area contributed by atoms with Crippen molar-refractivity contribution in [2.45, 2.75) is 58.7 Å². The molecular formula is C29H33FN2O2. The molecule has 0 aliphatic heterocycles. The van der Waals surface area contributed by atoms with Gasteiger partial charge in [-0.2, -0.15) is 0 Å². The maximum absolute atomic E-state index is 13.6. The average molecular weight is 461 g/mol. The van der Waals surface area contributed by atoms with Gasteiger partial charge >= 0.3 is 0 Å². The van der Waals surface area contributed by atoms with Crippen molar-refractivity contribution in [1.82, 2.24) is 10.2 Å². The zero-order valence-electron chi connectivity index (χ0n) is 20.1. The third-order valence-electron chi connectivity index (χ3n) is 6.01. The van der Waals surface area contributed by atoms with Crippen molar-refractivity contribution in [3.63, 3.8) is 0 Å². The Morgan fingerprint density at radius 2 is 1.50 bits per heavy atom. The molecule has 5 heteroatoms. The number of aryl methyl sites for hydroxylation is 1. The number of carbonyl (C=O) groups excluding carboxylic acids is 2. The second-order valence-electron chi connectivity index (χ2n) is 8.83. The smallest absolute Gasteiger partial charge is 0.243 e. The zero-order valence-corrected chi connectivity index (χ0v) is 20.1. The first kappa shape index (κ1) is 25.2. The van der Waals surface area contributed by atoms with Crippen LogP contribution in [0.3, 0.4) is 0 Å². The summed E-state index contributed by atoms with van der Waals surface area (Å²) in [7, 11) is 0. The van der Waals surface area contributed by atoms with E-state index in [-0.39, 0.29) is 30.1 Å². The summed E-state index contributed by atoms with van der Waals surface area (Å²) >= 11 is 0. The molecule has 0 fully saturated rings. The van der Waals surface area contributed by atoms with Gasteiger partial charge in [0, 0.05) is 19.0 Å². The lowest BCUT2D eigenvalue weighted by atomic mass is 10.0. The van der Waals surface area contributed by atoms with Gasteiger partial charge in [0.25, 0.3) is 0 Å². The van der Waals surface area contributed by atoms with Crippen LogP contribution in [0.1, 0.15) is 42.5 Å². The van der Waals surface area contributed by atoms with Crippen molar-refractivity contribution < 1.29 is 14.0 Å². The van der Waals surface area contributed by atoms with Crippen LogP contribution >= 0.6 is 0 Å². The Bertz CT molecular complexity index is 1070. The van der Waals surface area contributed by atoms with E-state index < -0.39 is 6.04 Å². The maximum Gasteiger partial charge on any atom is 0.243 e. The molecule has 2 unspecified atom stereocenters. The summed E-state index contributed by atoms with van der Waals surface area (Å²) in [5, 5.41) is 3.07. The summed E-state index contributed by atoms with van der Waals surface area (Å²) in [4.78, 5) is 28.7. The standard InChI is InChI=1S/C29H33FN2O2/c1-4-22(3)31-29(34)27(18-23-8-6-5-7-9-23)32(20-25-12-10-21(2)11-13-25)28(33)19-24-14-16-26(30)17-15-24/h5-17,22,27H,4,18-20H2,1-3H3,(H,31,34). The quantitative estimate of drug-likeness (QED) is 0.450. The Morgan fingerprint density at radius 3 is 2.12 bits per heavy atom. The Balaban J connectivity index is 1.95. The fraction of sp³-hybridized carbons (Fsp3) is 0.310. The first-order valence-corrected chi connectivity index (χ1v) is 11.8. The fourth-order valence-corrected chi connectivity index (χ4v) is 3.76. The van der Waals surface area contributed by atoms with Gasteiger partial charge in [-0.05, 0) is 49.1 Å². The molecule has 0 aromatic heterocycles. The molecular weight excluding hydrogens is 427 g/mol. The van der Waals surface area contributed by atoms with Gasteiger partial charge in [0.15, 0.2) is 0 Å². The minimum Gasteiger partial charge on any atom is -0.352 e. The zero-order chi connectivity index (χ0) is 24.5. The number of halogens is 1. The summed E-state index contributed by atoms with van der Waals surface area (Å²) in [6, 6.07) is 23.0. The van der Waals surface area contributed by atoms with Crippen LogP contribution in [0.4, 0.5) is 4.39 Å². The lowest BCUT2D eigenvalue weighted by molar-refractivity contribution is -0.141. The summed E-state index contributed by atoms with van der Waals surface area (Å²) in [5.41, 5.74) is 3.77. The summed E-state index contributed by atoms with van der Waals surface area (Å²) in [6.45, 7) is 6.30. The monoisotopic (exact) mass is 460 g/mol. The molecule has 4 nitrogen and oxygen atoms in total. The third-order valence-corrected chi connectivity index (χ3v) is 6.01. The second kappa shape index (κ2) is 12.1. The number of benzene rings is 3. The lowest BCUT2D eigenvalue weighted by Crippen LogP contribution is -2.52. The molecule has 0 saturated carbocycles. The van der Waals surface area contributed by atoms with Crippen molar-refractivity contribution in [3.05, 3.63) is 107 Å². The number of hydrogen-bond acceptors (Lipinski definition) is 2. The number of nitrogens with zero attached hydrogens (tertiary/aromatic N) is 1. The van der Waals surface area contributed by atoms with Crippen LogP contribution in [0.15, 0.2) is 78.9 Å². The van der Waals surface area contributed by atoms with Crippen LogP contribution in [-0.4, -0.2) is 28.8 Å². The number of carbonyl (C=O) groups is 2. The normalized spacial score (nSPS) is 12.6. The van der Waals surface area contributed by atoms with Gasteiger partial charge in [0.2, 0.25) is 11.8 Å². The maximum atomic E-state index is 13.6. The Hall–Kier alpha value is -3.47. The van der Waals surface area contributed by atoms with Crippen LogP contribution in [0.25, 0.3) is 0 Å². The first-order chi connectivity index (χ1) is 16.4. The van der Waals surface area contributed by atoms with E-state index in [2.05, 4.69) is 5.32 Å². The number of hydrogen-bond donors (Lipinski definition) is 1. The van der Waals surface area contributed by atoms with Crippen LogP contribution < -0.4 is 5.32 Å². The van der Waals surface area contributed by atoms with Gasteiger partial charge in [0.1, 0.15) is 11.9 Å². The predicted molar refractivity (Wildman–Crippen MR) is 134 cm³/mol. The van der Waals surface area contributed by atoms with Crippen LogP contribution in [0.5, 0.6) is 0 Å². The molecule has 2 amide bonds. The molecule has 3 aromatic rings. The Kier molecular flexibility index (Phi) is 8.97. The number of amides is 2. The largest absolute Gasteiger partial charge is 0.352 e. The van der Waals surface area contributed by atoms with E-state index in [0.29, 0.717) is 18.5 Å². The summed E-state index contributed by atoms with van der Waals surface area (Å²) < 4.78 is 13.4. The summed E-state index contributed by atoms with van der Waals surface area (Å²) in [5.74, 6) is -0.687. The highest BCUT2D eigenvalue weighted by atomic mass is 19.1.